The molecule has 0 heterocycles. The number of alkyl halides is 7. The van der Waals surface area contributed by atoms with Crippen molar-refractivity contribution in [3.8, 4) is 0 Å². The molecule has 0 radical (unpaired) electrons. The molecule has 2 rings (SSSR count). The number of halogens is 7. The van der Waals surface area contributed by atoms with Crippen LogP contribution in [-0.2, 0) is 4.74 Å². The molecular weight excluding hydrogens is 345 g/mol. The molecular formula is C15H9F7O2. The molecule has 2 aromatic rings. The molecule has 0 amide bonds. The third-order valence-corrected chi connectivity index (χ3v) is 3.21. The topological polar surface area (TPSA) is 26.3 Å². The van der Waals surface area contributed by atoms with Crippen molar-refractivity contribution in [1.29, 1.82) is 0 Å². The third-order valence-electron chi connectivity index (χ3n) is 3.21. The van der Waals surface area contributed by atoms with Crippen LogP contribution in [0.25, 0.3) is 10.8 Å². The minimum absolute atomic E-state index is 0.223. The molecule has 0 N–H and O–H groups in total. The van der Waals surface area contributed by atoms with Gasteiger partial charge in [-0.1, -0.05) is 36.4 Å². The fraction of sp³-hybridized carbons (Fsp3) is 0.267. The Morgan fingerprint density at radius 3 is 2.08 bits per heavy atom. The van der Waals surface area contributed by atoms with Gasteiger partial charge < -0.3 is 4.74 Å². The van der Waals surface area contributed by atoms with Crippen molar-refractivity contribution in [1.82, 2.24) is 0 Å². The maximum absolute atomic E-state index is 13.1. The van der Waals surface area contributed by atoms with Crippen LogP contribution in [0.3, 0.4) is 0 Å². The summed E-state index contributed by atoms with van der Waals surface area (Å²) < 4.78 is 91.8. The standard InChI is InChI=1S/C15H9F7O2/c16-13(17,14(18,19)15(20,21)22)8-24-12(23)11-7-3-5-9-4-1-2-6-10(9)11/h1-7H,8H2. The molecule has 0 aromatic heterocycles. The van der Waals surface area contributed by atoms with Crippen molar-refractivity contribution in [3.63, 3.8) is 0 Å². The molecule has 0 aliphatic carbocycles. The highest BCUT2D eigenvalue weighted by Crippen LogP contribution is 2.46. The van der Waals surface area contributed by atoms with Crippen LogP contribution in [0.1, 0.15) is 10.4 Å². The normalized spacial score (nSPS) is 13.1. The summed E-state index contributed by atoms with van der Waals surface area (Å²) in [5, 5.41) is 0.829. The van der Waals surface area contributed by atoms with Gasteiger partial charge in [0, 0.05) is 0 Å². The lowest BCUT2D eigenvalue weighted by atomic mass is 10.0. The van der Waals surface area contributed by atoms with Crippen LogP contribution in [0.15, 0.2) is 42.5 Å². The minimum Gasteiger partial charge on any atom is -0.455 e. The van der Waals surface area contributed by atoms with E-state index in [0.29, 0.717) is 5.39 Å². The van der Waals surface area contributed by atoms with E-state index >= 15 is 0 Å². The average molecular weight is 354 g/mol. The summed E-state index contributed by atoms with van der Waals surface area (Å²) >= 11 is 0. The molecule has 2 aromatic carbocycles. The smallest absolute Gasteiger partial charge is 0.455 e. The first-order valence-electron chi connectivity index (χ1n) is 6.44. The molecule has 0 saturated carbocycles. The van der Waals surface area contributed by atoms with Crippen molar-refractivity contribution >= 4 is 16.7 Å². The first-order chi connectivity index (χ1) is 11.0. The summed E-state index contributed by atoms with van der Waals surface area (Å²) in [6.45, 7) is -2.40. The Bertz CT molecular complexity index is 748. The lowest BCUT2D eigenvalue weighted by molar-refractivity contribution is -0.359. The predicted molar refractivity (Wildman–Crippen MR) is 70.2 cm³/mol. The van der Waals surface area contributed by atoms with Gasteiger partial charge in [-0.15, -0.1) is 0 Å². The van der Waals surface area contributed by atoms with Gasteiger partial charge in [0.2, 0.25) is 0 Å². The van der Waals surface area contributed by atoms with Gasteiger partial charge in [-0.25, -0.2) is 4.79 Å². The molecule has 0 unspecified atom stereocenters. The number of fused-ring (bicyclic) bond motifs is 1. The van der Waals surface area contributed by atoms with E-state index in [2.05, 4.69) is 4.74 Å². The minimum atomic E-state index is -6.47. The van der Waals surface area contributed by atoms with Gasteiger partial charge in [-0.05, 0) is 16.8 Å². The van der Waals surface area contributed by atoms with Crippen molar-refractivity contribution < 1.29 is 40.3 Å². The number of rotatable bonds is 4. The maximum Gasteiger partial charge on any atom is 0.460 e. The largest absolute Gasteiger partial charge is 0.460 e. The van der Waals surface area contributed by atoms with Crippen LogP contribution in [0.5, 0.6) is 0 Å². The van der Waals surface area contributed by atoms with Crippen LogP contribution in [0.4, 0.5) is 30.7 Å². The molecule has 0 bridgehead atoms. The fourth-order valence-corrected chi connectivity index (χ4v) is 1.94. The van der Waals surface area contributed by atoms with Gasteiger partial charge >= 0.3 is 24.0 Å². The van der Waals surface area contributed by atoms with Gasteiger partial charge in [0.15, 0.2) is 6.61 Å². The Morgan fingerprint density at radius 1 is 0.875 bits per heavy atom. The van der Waals surface area contributed by atoms with E-state index in [-0.39, 0.29) is 10.9 Å². The number of carbonyl (C=O) groups is 1. The molecule has 9 heteroatoms. The Kier molecular flexibility index (Phi) is 4.47. The highest BCUT2D eigenvalue weighted by Gasteiger charge is 2.73. The van der Waals surface area contributed by atoms with Crippen LogP contribution >= 0.6 is 0 Å². The molecule has 0 saturated heterocycles. The van der Waals surface area contributed by atoms with E-state index in [1.54, 1.807) is 18.2 Å². The van der Waals surface area contributed by atoms with Crippen LogP contribution in [0.2, 0.25) is 0 Å². The molecule has 0 aliphatic rings. The van der Waals surface area contributed by atoms with Crippen molar-refractivity contribution in [2.24, 2.45) is 0 Å². The number of benzene rings is 2. The quantitative estimate of drug-likeness (QED) is 0.581. The van der Waals surface area contributed by atoms with E-state index in [9.17, 15) is 35.5 Å². The van der Waals surface area contributed by atoms with Gasteiger partial charge in [0.25, 0.3) is 0 Å². The SMILES string of the molecule is O=C(OCC(F)(F)C(F)(F)C(F)(F)F)c1cccc2ccccc12. The average Bonchev–Trinajstić information content (AvgIpc) is 2.51. The summed E-state index contributed by atoms with van der Waals surface area (Å²) in [5.41, 5.74) is -0.223. The lowest BCUT2D eigenvalue weighted by Crippen LogP contribution is -2.54. The Morgan fingerprint density at radius 2 is 1.46 bits per heavy atom. The van der Waals surface area contributed by atoms with E-state index in [4.69, 9.17) is 0 Å². The second kappa shape index (κ2) is 5.95. The van der Waals surface area contributed by atoms with Crippen LogP contribution in [-0.4, -0.2) is 30.6 Å². The highest BCUT2D eigenvalue weighted by molar-refractivity contribution is 6.04. The number of carbonyl (C=O) groups excluding carboxylic acids is 1. The van der Waals surface area contributed by atoms with Crippen molar-refractivity contribution in [2.75, 3.05) is 6.61 Å². The van der Waals surface area contributed by atoms with Crippen molar-refractivity contribution in [2.45, 2.75) is 18.0 Å². The number of esters is 1. The first kappa shape index (κ1) is 18.0. The summed E-state index contributed by atoms with van der Waals surface area (Å²) in [4.78, 5) is 11.8. The highest BCUT2D eigenvalue weighted by atomic mass is 19.4. The van der Waals surface area contributed by atoms with Crippen LogP contribution in [0, 0.1) is 0 Å². The number of hydrogen-bond acceptors (Lipinski definition) is 2. The molecule has 0 atom stereocenters. The number of hydrogen-bond donors (Lipinski definition) is 0. The van der Waals surface area contributed by atoms with Gasteiger partial charge in [-0.2, -0.15) is 30.7 Å². The van der Waals surface area contributed by atoms with Crippen molar-refractivity contribution in [3.05, 3.63) is 48.0 Å². The zero-order valence-electron chi connectivity index (χ0n) is 11.7. The van der Waals surface area contributed by atoms with Gasteiger partial charge in [0.1, 0.15) is 0 Å². The summed E-state index contributed by atoms with van der Waals surface area (Å²) in [7, 11) is 0. The van der Waals surface area contributed by atoms with E-state index in [0.717, 1.165) is 0 Å². The molecule has 24 heavy (non-hydrogen) atoms. The van der Waals surface area contributed by atoms with E-state index in [1.807, 2.05) is 0 Å². The molecule has 0 fully saturated rings. The Hall–Kier alpha value is -2.32. The zero-order valence-corrected chi connectivity index (χ0v) is 11.7. The lowest BCUT2D eigenvalue weighted by Gasteiger charge is -2.27. The first-order valence-corrected chi connectivity index (χ1v) is 6.44. The summed E-state index contributed by atoms with van der Waals surface area (Å²) in [6, 6.07) is 10.4. The second-order valence-corrected chi connectivity index (χ2v) is 4.88. The van der Waals surface area contributed by atoms with Crippen LogP contribution < -0.4 is 0 Å². The Labute approximate surface area is 130 Å². The summed E-state index contributed by atoms with van der Waals surface area (Å²) in [6.07, 6.45) is -6.47. The fourth-order valence-electron chi connectivity index (χ4n) is 1.94. The molecule has 130 valence electrons. The van der Waals surface area contributed by atoms with Gasteiger partial charge in [0.05, 0.1) is 5.56 Å². The second-order valence-electron chi connectivity index (χ2n) is 4.88. The molecule has 0 spiro atoms. The number of ether oxygens (including phenoxy) is 1. The zero-order chi connectivity index (χ0) is 18.2. The molecule has 0 aliphatic heterocycles. The molecule has 2 nitrogen and oxygen atoms in total. The maximum atomic E-state index is 13.1. The van der Waals surface area contributed by atoms with E-state index < -0.39 is 30.6 Å². The monoisotopic (exact) mass is 354 g/mol. The van der Waals surface area contributed by atoms with Gasteiger partial charge in [-0.3, -0.25) is 0 Å². The Balaban J connectivity index is 2.21. The third kappa shape index (κ3) is 3.15. The predicted octanol–water partition coefficient (Wildman–Crippen LogP) is 4.83. The summed E-state index contributed by atoms with van der Waals surface area (Å²) in [5.74, 6) is -13.3. The van der Waals surface area contributed by atoms with E-state index in [1.165, 1.54) is 24.3 Å².